The van der Waals surface area contributed by atoms with Gasteiger partial charge in [-0.3, -0.25) is 9.89 Å². The maximum absolute atomic E-state index is 6.25. The van der Waals surface area contributed by atoms with Crippen LogP contribution >= 0.6 is 11.6 Å². The van der Waals surface area contributed by atoms with E-state index in [4.69, 9.17) is 21.1 Å². The molecule has 0 saturated carbocycles. The highest BCUT2D eigenvalue weighted by atomic mass is 35.5. The van der Waals surface area contributed by atoms with Gasteiger partial charge in [0, 0.05) is 38.2 Å². The van der Waals surface area contributed by atoms with Gasteiger partial charge in [-0.1, -0.05) is 41.9 Å². The molecule has 0 radical (unpaired) electrons. The van der Waals surface area contributed by atoms with Crippen molar-refractivity contribution in [3.05, 3.63) is 64.7 Å². The van der Waals surface area contributed by atoms with Crippen LogP contribution in [0.15, 0.2) is 53.5 Å². The van der Waals surface area contributed by atoms with Crippen molar-refractivity contribution in [3.8, 4) is 5.75 Å². The van der Waals surface area contributed by atoms with Gasteiger partial charge < -0.3 is 20.1 Å². The lowest BCUT2D eigenvalue weighted by Crippen LogP contribution is -2.46. The Morgan fingerprint density at radius 2 is 1.87 bits per heavy atom. The molecule has 0 aromatic heterocycles. The van der Waals surface area contributed by atoms with Gasteiger partial charge in [0.15, 0.2) is 5.96 Å². The second-order valence-corrected chi connectivity index (χ2v) is 7.57. The third-order valence-electron chi connectivity index (χ3n) is 5.32. The van der Waals surface area contributed by atoms with Crippen LogP contribution in [0, 0.1) is 0 Å². The Labute approximate surface area is 184 Å². The molecular formula is C23H31ClN4O2. The van der Waals surface area contributed by atoms with Crippen molar-refractivity contribution in [1.82, 2.24) is 15.5 Å². The molecule has 3 rings (SSSR count). The average molecular weight is 431 g/mol. The van der Waals surface area contributed by atoms with E-state index < -0.39 is 0 Å². The molecule has 30 heavy (non-hydrogen) atoms. The number of aliphatic imine (C=N–C) groups is 1. The Hall–Kier alpha value is -2.28. The molecule has 6 nitrogen and oxygen atoms in total. The van der Waals surface area contributed by atoms with Gasteiger partial charge in [0.05, 0.1) is 26.4 Å². The first-order chi connectivity index (χ1) is 14.7. The molecule has 1 atom stereocenters. The molecule has 2 aromatic rings. The monoisotopic (exact) mass is 430 g/mol. The van der Waals surface area contributed by atoms with Crippen molar-refractivity contribution in [2.45, 2.75) is 12.5 Å². The van der Waals surface area contributed by atoms with Crippen molar-refractivity contribution < 1.29 is 9.47 Å². The topological polar surface area (TPSA) is 58.1 Å². The second kappa shape index (κ2) is 11.8. The first-order valence-corrected chi connectivity index (χ1v) is 10.7. The number of hydrogen-bond acceptors (Lipinski definition) is 4. The molecule has 1 heterocycles. The molecule has 0 spiro atoms. The fourth-order valence-electron chi connectivity index (χ4n) is 3.60. The minimum absolute atomic E-state index is 0.224. The number of halogens is 1. The van der Waals surface area contributed by atoms with Crippen molar-refractivity contribution in [3.63, 3.8) is 0 Å². The maximum Gasteiger partial charge on any atom is 0.191 e. The molecule has 1 aliphatic heterocycles. The zero-order valence-electron chi connectivity index (χ0n) is 17.7. The van der Waals surface area contributed by atoms with Gasteiger partial charge in [-0.05, 0) is 35.7 Å². The first kappa shape index (κ1) is 22.4. The van der Waals surface area contributed by atoms with Crippen molar-refractivity contribution in [2.75, 3.05) is 53.6 Å². The molecule has 2 N–H and O–H groups in total. The van der Waals surface area contributed by atoms with Gasteiger partial charge in [0.2, 0.25) is 0 Å². The quantitative estimate of drug-likeness (QED) is 0.497. The minimum atomic E-state index is 0.224. The van der Waals surface area contributed by atoms with Crippen LogP contribution in [0.25, 0.3) is 0 Å². The summed E-state index contributed by atoms with van der Waals surface area (Å²) in [6, 6.07) is 16.5. The van der Waals surface area contributed by atoms with Crippen molar-refractivity contribution in [1.29, 1.82) is 0 Å². The number of methoxy groups -OCH3 is 1. The highest BCUT2D eigenvalue weighted by molar-refractivity contribution is 6.31. The summed E-state index contributed by atoms with van der Waals surface area (Å²) in [7, 11) is 3.48. The summed E-state index contributed by atoms with van der Waals surface area (Å²) in [5.41, 5.74) is 2.38. The highest BCUT2D eigenvalue weighted by Gasteiger charge is 2.23. The molecule has 0 bridgehead atoms. The Balaban J connectivity index is 1.59. The summed E-state index contributed by atoms with van der Waals surface area (Å²) < 4.78 is 10.9. The van der Waals surface area contributed by atoms with Gasteiger partial charge in [-0.2, -0.15) is 0 Å². The summed E-state index contributed by atoms with van der Waals surface area (Å²) in [6.45, 7) is 4.86. The Bertz CT molecular complexity index is 807. The molecule has 7 heteroatoms. The van der Waals surface area contributed by atoms with Gasteiger partial charge >= 0.3 is 0 Å². The smallest absolute Gasteiger partial charge is 0.191 e. The number of rotatable bonds is 8. The number of guanidine groups is 1. The van der Waals surface area contributed by atoms with Gasteiger partial charge in [-0.25, -0.2) is 0 Å². The molecular weight excluding hydrogens is 400 g/mol. The lowest BCUT2D eigenvalue weighted by molar-refractivity contribution is 0.0170. The summed E-state index contributed by atoms with van der Waals surface area (Å²) in [4.78, 5) is 6.83. The lowest BCUT2D eigenvalue weighted by Gasteiger charge is -2.35. The number of nitrogens with zero attached hydrogens (tertiary/aromatic N) is 2. The average Bonchev–Trinajstić information content (AvgIpc) is 2.80. The SMILES string of the molecule is CN=C(NCCc1ccccc1Cl)NCC(c1ccc(OC)cc1)N1CCOCC1. The fraction of sp³-hybridized carbons (Fsp3) is 0.435. The third kappa shape index (κ3) is 6.36. The zero-order valence-corrected chi connectivity index (χ0v) is 18.5. The standard InChI is InChI=1S/C23H31ClN4O2/c1-25-23(26-12-11-18-5-3-4-6-21(18)24)27-17-22(28-13-15-30-16-14-28)19-7-9-20(29-2)10-8-19/h3-10,22H,11-17H2,1-2H3,(H2,25,26,27). The van der Waals surface area contributed by atoms with Crippen LogP contribution in [-0.2, 0) is 11.2 Å². The number of ether oxygens (including phenoxy) is 2. The van der Waals surface area contributed by atoms with E-state index in [0.717, 1.165) is 68.1 Å². The van der Waals surface area contributed by atoms with Crippen LogP contribution in [0.3, 0.4) is 0 Å². The number of hydrogen-bond donors (Lipinski definition) is 2. The molecule has 1 saturated heterocycles. The van der Waals surface area contributed by atoms with E-state index in [9.17, 15) is 0 Å². The summed E-state index contributed by atoms with van der Waals surface area (Å²) >= 11 is 6.25. The van der Waals surface area contributed by atoms with Crippen LogP contribution in [-0.4, -0.2) is 64.4 Å². The van der Waals surface area contributed by atoms with Gasteiger partial charge in [-0.15, -0.1) is 0 Å². The molecule has 0 aliphatic carbocycles. The van der Waals surface area contributed by atoms with Crippen LogP contribution in [0.2, 0.25) is 5.02 Å². The first-order valence-electron chi connectivity index (χ1n) is 10.3. The van der Waals surface area contributed by atoms with Crippen molar-refractivity contribution >= 4 is 17.6 Å². The van der Waals surface area contributed by atoms with E-state index in [-0.39, 0.29) is 6.04 Å². The van der Waals surface area contributed by atoms with E-state index in [1.165, 1.54) is 5.56 Å². The number of nitrogens with one attached hydrogen (secondary N) is 2. The Kier molecular flexibility index (Phi) is 8.81. The van der Waals surface area contributed by atoms with Gasteiger partial charge in [0.25, 0.3) is 0 Å². The van der Waals surface area contributed by atoms with Crippen LogP contribution in [0.5, 0.6) is 5.75 Å². The van der Waals surface area contributed by atoms with E-state index in [1.54, 1.807) is 14.2 Å². The molecule has 1 aliphatic rings. The van der Waals surface area contributed by atoms with Gasteiger partial charge in [0.1, 0.15) is 5.75 Å². The predicted octanol–water partition coefficient (Wildman–Crippen LogP) is 3.13. The molecule has 2 aromatic carbocycles. The molecule has 162 valence electrons. The largest absolute Gasteiger partial charge is 0.497 e. The van der Waals surface area contributed by atoms with E-state index in [1.807, 2.05) is 30.3 Å². The predicted molar refractivity (Wildman–Crippen MR) is 123 cm³/mol. The Morgan fingerprint density at radius 1 is 1.13 bits per heavy atom. The van der Waals surface area contributed by atoms with Crippen LogP contribution in [0.4, 0.5) is 0 Å². The number of benzene rings is 2. The van der Waals surface area contributed by atoms with E-state index >= 15 is 0 Å². The van der Waals surface area contributed by atoms with Crippen LogP contribution < -0.4 is 15.4 Å². The third-order valence-corrected chi connectivity index (χ3v) is 5.69. The zero-order chi connectivity index (χ0) is 21.2. The number of morpholine rings is 1. The summed E-state index contributed by atoms with van der Waals surface area (Å²) in [6.07, 6.45) is 0.839. The summed E-state index contributed by atoms with van der Waals surface area (Å²) in [5.74, 6) is 1.65. The fourth-order valence-corrected chi connectivity index (χ4v) is 3.83. The summed E-state index contributed by atoms with van der Waals surface area (Å²) in [5, 5.41) is 7.68. The lowest BCUT2D eigenvalue weighted by atomic mass is 10.0. The maximum atomic E-state index is 6.25. The van der Waals surface area contributed by atoms with E-state index in [0.29, 0.717) is 0 Å². The Morgan fingerprint density at radius 3 is 2.53 bits per heavy atom. The normalized spacial score (nSPS) is 16.2. The highest BCUT2D eigenvalue weighted by Crippen LogP contribution is 2.23. The molecule has 1 fully saturated rings. The van der Waals surface area contributed by atoms with Crippen LogP contribution in [0.1, 0.15) is 17.2 Å². The van der Waals surface area contributed by atoms with E-state index in [2.05, 4.69) is 38.7 Å². The van der Waals surface area contributed by atoms with Crippen molar-refractivity contribution in [2.24, 2.45) is 4.99 Å². The molecule has 0 amide bonds. The molecule has 1 unspecified atom stereocenters. The second-order valence-electron chi connectivity index (χ2n) is 7.16. The minimum Gasteiger partial charge on any atom is -0.497 e.